The van der Waals surface area contributed by atoms with Crippen LogP contribution in [0.25, 0.3) is 0 Å². The van der Waals surface area contributed by atoms with Crippen LogP contribution >= 0.6 is 50.3 Å². The molecule has 1 rings (SSSR count). The minimum absolute atomic E-state index is 0.554. The van der Waals surface area contributed by atoms with Crippen molar-refractivity contribution in [2.24, 2.45) is 0 Å². The van der Waals surface area contributed by atoms with Crippen LogP contribution < -0.4 is 0 Å². The Morgan fingerprint density at radius 3 is 2.11 bits per heavy atom. The summed E-state index contributed by atoms with van der Waals surface area (Å²) >= 11 is 16.9. The lowest BCUT2D eigenvalue weighted by molar-refractivity contribution is 0.922. The smallest absolute Gasteiger partial charge is 0.134 e. The Kier molecular flexibility index (Phi) is 2.20. The number of H-pyrrole nitrogens is 1. The number of hydrogen-bond donors (Lipinski definition) is 4. The van der Waals surface area contributed by atoms with E-state index in [4.69, 9.17) is 12.2 Å². The van der Waals surface area contributed by atoms with Crippen molar-refractivity contribution < 1.29 is 0 Å². The van der Waals surface area contributed by atoms with Crippen molar-refractivity contribution >= 4 is 50.3 Å². The highest BCUT2D eigenvalue weighted by atomic mass is 32.1. The van der Waals surface area contributed by atoms with Crippen molar-refractivity contribution in [1.29, 1.82) is 0 Å². The van der Waals surface area contributed by atoms with Gasteiger partial charge in [-0.1, -0.05) is 12.2 Å². The van der Waals surface area contributed by atoms with Crippen LogP contribution in [-0.2, 0) is 0 Å². The number of nitrogens with one attached hydrogen (secondary N) is 1. The third-order valence-corrected chi connectivity index (χ3v) is 2.77. The summed E-state index contributed by atoms with van der Waals surface area (Å²) in [5, 5.41) is 3.35. The van der Waals surface area contributed by atoms with Crippen LogP contribution in [0.15, 0.2) is 9.92 Å². The molecule has 0 bridgehead atoms. The molecule has 0 spiro atoms. The first kappa shape index (κ1) is 7.59. The Labute approximate surface area is 74.0 Å². The first-order chi connectivity index (χ1) is 4.13. The highest BCUT2D eigenvalue weighted by Gasteiger charge is 2.00. The summed E-state index contributed by atoms with van der Waals surface area (Å²) in [6.45, 7) is 0. The van der Waals surface area contributed by atoms with Gasteiger partial charge in [-0.05, 0) is 12.8 Å². The second kappa shape index (κ2) is 2.61. The van der Waals surface area contributed by atoms with Crippen LogP contribution in [0.1, 0.15) is 0 Å². The van der Waals surface area contributed by atoms with Gasteiger partial charge in [-0.3, -0.25) is 5.10 Å². The number of nitrogens with zero attached hydrogens (tertiary/aromatic N) is 1. The molecule has 1 heterocycles. The molecule has 0 aliphatic rings. The van der Waals surface area contributed by atoms with Crippen molar-refractivity contribution in [3.8, 4) is 0 Å². The maximum absolute atomic E-state index is 4.81. The summed E-state index contributed by atoms with van der Waals surface area (Å²) in [5.41, 5.74) is 0. The quantitative estimate of drug-likeness (QED) is 0.369. The van der Waals surface area contributed by atoms with E-state index in [0.29, 0.717) is 14.6 Å². The second-order valence-corrected chi connectivity index (χ2v) is 3.10. The molecule has 0 saturated carbocycles. The molecule has 0 radical (unpaired) electrons. The second-order valence-electron chi connectivity index (χ2n) is 1.42. The molecule has 0 aromatic carbocycles. The van der Waals surface area contributed by atoms with Gasteiger partial charge in [-0.25, -0.2) is 4.09 Å². The van der Waals surface area contributed by atoms with Crippen LogP contribution in [0.2, 0.25) is 0 Å². The van der Waals surface area contributed by atoms with E-state index in [-0.39, 0.29) is 0 Å². The first-order valence-electron chi connectivity index (χ1n) is 2.05. The zero-order chi connectivity index (χ0) is 7.02. The zero-order valence-electron chi connectivity index (χ0n) is 4.20. The summed E-state index contributed by atoms with van der Waals surface area (Å²) in [6.07, 6.45) is 0. The van der Waals surface area contributed by atoms with Crippen LogP contribution in [-0.4, -0.2) is 9.19 Å². The van der Waals surface area contributed by atoms with Crippen LogP contribution in [0.5, 0.6) is 0 Å². The third kappa shape index (κ3) is 1.31. The molecular weight excluding hydrogens is 192 g/mol. The normalized spacial score (nSPS) is 10.1. The van der Waals surface area contributed by atoms with Crippen LogP contribution in [0.4, 0.5) is 0 Å². The van der Waals surface area contributed by atoms with E-state index in [1.165, 1.54) is 4.09 Å². The molecule has 0 saturated heterocycles. The van der Waals surface area contributed by atoms with Crippen molar-refractivity contribution in [3.63, 3.8) is 0 Å². The molecule has 1 aromatic heterocycles. The van der Waals surface area contributed by atoms with E-state index in [0.717, 1.165) is 0 Å². The van der Waals surface area contributed by atoms with Crippen molar-refractivity contribution in [2.75, 3.05) is 0 Å². The average molecular weight is 196 g/mol. The van der Waals surface area contributed by atoms with Gasteiger partial charge < -0.3 is 0 Å². The molecule has 1 N–H and O–H groups in total. The topological polar surface area (TPSA) is 20.7 Å². The van der Waals surface area contributed by atoms with Gasteiger partial charge in [0, 0.05) is 0 Å². The molecule has 6 heteroatoms. The SMILES string of the molecule is S=c1[nH]n(S)c(S)c1S. The minimum atomic E-state index is 0.554. The fraction of sp³-hybridized carbons (Fsp3) is 0. The minimum Gasteiger partial charge on any atom is -0.276 e. The highest BCUT2D eigenvalue weighted by molar-refractivity contribution is 7.85. The predicted octanol–water partition coefficient (Wildman–Crippen LogP) is 1.82. The largest absolute Gasteiger partial charge is 0.276 e. The lowest BCUT2D eigenvalue weighted by Gasteiger charge is -1.88. The highest BCUT2D eigenvalue weighted by Crippen LogP contribution is 2.18. The molecular formula is C3H4N2S4. The van der Waals surface area contributed by atoms with E-state index in [1.54, 1.807) is 0 Å². The van der Waals surface area contributed by atoms with Crippen molar-refractivity contribution in [3.05, 3.63) is 4.64 Å². The lowest BCUT2D eigenvalue weighted by atomic mass is 10.7. The zero-order valence-corrected chi connectivity index (χ0v) is 7.70. The number of hydrogen-bond acceptors (Lipinski definition) is 4. The van der Waals surface area contributed by atoms with E-state index in [1.807, 2.05) is 0 Å². The molecule has 0 fully saturated rings. The Morgan fingerprint density at radius 1 is 1.44 bits per heavy atom. The Morgan fingerprint density at radius 2 is 2.00 bits per heavy atom. The Hall–Kier alpha value is 0.480. The van der Waals surface area contributed by atoms with Crippen molar-refractivity contribution in [1.82, 2.24) is 9.19 Å². The Bertz CT molecular complexity index is 272. The molecule has 0 amide bonds. The van der Waals surface area contributed by atoms with Gasteiger partial charge in [0.25, 0.3) is 0 Å². The maximum Gasteiger partial charge on any atom is 0.134 e. The summed E-state index contributed by atoms with van der Waals surface area (Å²) < 4.78 is 1.96. The average Bonchev–Trinajstić information content (AvgIpc) is 1.98. The van der Waals surface area contributed by atoms with Gasteiger partial charge in [-0.2, -0.15) is 0 Å². The standard InChI is InChI=1S/C3H4N2S4/c6-1-2(7)4-5(9)3(1)8/h6,8-9H,(H,4,7). The third-order valence-electron chi connectivity index (χ3n) is 0.835. The molecule has 2 nitrogen and oxygen atoms in total. The number of thiol groups is 3. The number of aromatic amines is 1. The van der Waals surface area contributed by atoms with Gasteiger partial charge in [0.15, 0.2) is 0 Å². The van der Waals surface area contributed by atoms with E-state index >= 15 is 0 Å². The van der Waals surface area contributed by atoms with Gasteiger partial charge >= 0.3 is 0 Å². The summed E-state index contributed by atoms with van der Waals surface area (Å²) in [5.74, 6) is 0. The molecule has 1 aromatic rings. The van der Waals surface area contributed by atoms with Gasteiger partial charge in [0.05, 0.1) is 4.90 Å². The summed E-state index contributed by atoms with van der Waals surface area (Å²) in [7, 11) is 0. The molecule has 0 unspecified atom stereocenters. The van der Waals surface area contributed by atoms with E-state index in [2.05, 4.69) is 43.2 Å². The van der Waals surface area contributed by atoms with Crippen LogP contribution in [0, 0.1) is 4.64 Å². The summed E-state index contributed by atoms with van der Waals surface area (Å²) in [6, 6.07) is 0. The molecule has 0 aliphatic heterocycles. The molecule has 0 atom stereocenters. The Balaban J connectivity index is 3.47. The lowest BCUT2D eigenvalue weighted by Crippen LogP contribution is -1.80. The number of rotatable bonds is 0. The summed E-state index contributed by atoms with van der Waals surface area (Å²) in [4.78, 5) is 0.656. The molecule has 50 valence electrons. The fourth-order valence-corrected chi connectivity index (χ4v) is 1.33. The first-order valence-corrected chi connectivity index (χ1v) is 3.75. The van der Waals surface area contributed by atoms with Crippen molar-refractivity contribution in [2.45, 2.75) is 9.92 Å². The maximum atomic E-state index is 4.81. The van der Waals surface area contributed by atoms with Crippen LogP contribution in [0.3, 0.4) is 0 Å². The van der Waals surface area contributed by atoms with Gasteiger partial charge in [0.1, 0.15) is 9.67 Å². The fourth-order valence-electron chi connectivity index (χ4n) is 0.404. The van der Waals surface area contributed by atoms with E-state index < -0.39 is 0 Å². The number of aromatic nitrogens is 2. The monoisotopic (exact) mass is 196 g/mol. The van der Waals surface area contributed by atoms with Gasteiger partial charge in [0.2, 0.25) is 0 Å². The van der Waals surface area contributed by atoms with Gasteiger partial charge in [-0.15, -0.1) is 25.3 Å². The van der Waals surface area contributed by atoms with E-state index in [9.17, 15) is 0 Å². The molecule has 9 heavy (non-hydrogen) atoms. The molecule has 0 aliphatic carbocycles. The predicted molar refractivity (Wildman–Crippen MR) is 48.5 cm³/mol.